The van der Waals surface area contributed by atoms with E-state index in [0.29, 0.717) is 17.1 Å². The van der Waals surface area contributed by atoms with E-state index in [4.69, 9.17) is 9.98 Å². The van der Waals surface area contributed by atoms with Gasteiger partial charge in [0.2, 0.25) is 0 Å². The van der Waals surface area contributed by atoms with Crippen molar-refractivity contribution in [2.75, 3.05) is 0 Å². The fourth-order valence-electron chi connectivity index (χ4n) is 3.66. The average molecular weight is 431 g/mol. The zero-order valence-corrected chi connectivity index (χ0v) is 18.1. The molecule has 0 unspecified atom stereocenters. The molecule has 5 rings (SSSR count). The highest BCUT2D eigenvalue weighted by atomic mass is 16.3. The lowest BCUT2D eigenvalue weighted by molar-refractivity contribution is 0.475. The van der Waals surface area contributed by atoms with Crippen LogP contribution in [0.4, 0.5) is 5.69 Å². The lowest BCUT2D eigenvalue weighted by atomic mass is 10.0. The lowest BCUT2D eigenvalue weighted by Crippen LogP contribution is -2.20. The van der Waals surface area contributed by atoms with Crippen molar-refractivity contribution in [1.82, 2.24) is 10.4 Å². The summed E-state index contributed by atoms with van der Waals surface area (Å²) in [6.45, 7) is 2.04. The predicted octanol–water partition coefficient (Wildman–Crippen LogP) is 6.10. The fraction of sp³-hybridized carbons (Fsp3) is 0.0357. The van der Waals surface area contributed by atoms with Crippen molar-refractivity contribution >= 4 is 39.4 Å². The van der Waals surface area contributed by atoms with Gasteiger partial charge in [0.15, 0.2) is 5.84 Å². The van der Waals surface area contributed by atoms with E-state index < -0.39 is 0 Å². The Morgan fingerprint density at radius 2 is 1.55 bits per heavy atom. The Labute approximate surface area is 191 Å². The largest absolute Gasteiger partial charge is 0.507 e. The molecule has 1 aromatic heterocycles. The first-order valence-corrected chi connectivity index (χ1v) is 10.7. The molecule has 0 aliphatic heterocycles. The maximum Gasteiger partial charge on any atom is 0.173 e. The minimum atomic E-state index is 0.167. The van der Waals surface area contributed by atoms with Crippen LogP contribution in [0.25, 0.3) is 21.7 Å². The topological polar surface area (TPSA) is 69.9 Å². The van der Waals surface area contributed by atoms with Crippen LogP contribution in [0.5, 0.6) is 5.75 Å². The molecule has 0 atom stereocenters. The molecule has 0 saturated carbocycles. The molecule has 1 heterocycles. The molecule has 0 aliphatic carbocycles. The van der Waals surface area contributed by atoms with Gasteiger partial charge in [-0.05, 0) is 48.0 Å². The number of amidine groups is 1. The van der Waals surface area contributed by atoms with Crippen molar-refractivity contribution in [3.05, 3.63) is 114 Å². The summed E-state index contributed by atoms with van der Waals surface area (Å²) in [5.41, 5.74) is 7.20. The van der Waals surface area contributed by atoms with E-state index in [2.05, 4.69) is 10.5 Å². The molecule has 0 aliphatic rings. The van der Waals surface area contributed by atoms with Crippen molar-refractivity contribution in [1.29, 1.82) is 0 Å². The number of aryl methyl sites for hydroxylation is 1. The van der Waals surface area contributed by atoms with Gasteiger partial charge in [-0.1, -0.05) is 72.3 Å². The molecule has 0 amide bonds. The van der Waals surface area contributed by atoms with Gasteiger partial charge in [0.1, 0.15) is 11.4 Å². The van der Waals surface area contributed by atoms with Gasteiger partial charge in [0, 0.05) is 10.9 Å². The minimum absolute atomic E-state index is 0.167. The van der Waals surface area contributed by atoms with Crippen LogP contribution in [0.2, 0.25) is 0 Å². The number of hydrazone groups is 1. The number of rotatable bonds is 4. The zero-order chi connectivity index (χ0) is 22.6. The van der Waals surface area contributed by atoms with Gasteiger partial charge in [-0.25, -0.2) is 9.98 Å². The summed E-state index contributed by atoms with van der Waals surface area (Å²) in [7, 11) is 0. The summed E-state index contributed by atoms with van der Waals surface area (Å²) in [6.07, 6.45) is 1.61. The summed E-state index contributed by atoms with van der Waals surface area (Å²) >= 11 is 0. The molecular weight excluding hydrogens is 408 g/mol. The van der Waals surface area contributed by atoms with Crippen LogP contribution >= 0.6 is 0 Å². The number of fused-ring (bicyclic) bond motifs is 2. The number of para-hydroxylation sites is 1. The number of aromatic nitrogens is 1. The molecule has 0 spiro atoms. The molecule has 0 saturated heterocycles. The molecule has 33 heavy (non-hydrogen) atoms. The molecule has 4 aromatic carbocycles. The van der Waals surface area contributed by atoms with Crippen molar-refractivity contribution in [2.24, 2.45) is 10.1 Å². The van der Waals surface area contributed by atoms with Gasteiger partial charge in [-0.3, -0.25) is 5.43 Å². The molecule has 5 nitrogen and oxygen atoms in total. The summed E-state index contributed by atoms with van der Waals surface area (Å²) < 4.78 is 0. The van der Waals surface area contributed by atoms with E-state index in [1.165, 1.54) is 0 Å². The van der Waals surface area contributed by atoms with Gasteiger partial charge < -0.3 is 5.11 Å². The van der Waals surface area contributed by atoms with Crippen molar-refractivity contribution in [3.8, 4) is 5.75 Å². The number of nitrogens with one attached hydrogen (secondary N) is 1. The Bertz CT molecular complexity index is 1500. The maximum absolute atomic E-state index is 10.4. The Balaban J connectivity index is 1.53. The number of nitrogens with zero attached hydrogens (tertiary/aromatic N) is 3. The third-order valence-electron chi connectivity index (χ3n) is 5.43. The highest BCUT2D eigenvalue weighted by Crippen LogP contribution is 2.25. The lowest BCUT2D eigenvalue weighted by Gasteiger charge is -2.08. The van der Waals surface area contributed by atoms with Gasteiger partial charge in [0.05, 0.1) is 17.4 Å². The third-order valence-corrected chi connectivity index (χ3v) is 5.43. The zero-order valence-electron chi connectivity index (χ0n) is 18.1. The number of benzene rings is 4. The van der Waals surface area contributed by atoms with Crippen LogP contribution in [-0.4, -0.2) is 22.1 Å². The summed E-state index contributed by atoms with van der Waals surface area (Å²) in [5, 5.41) is 17.8. The second kappa shape index (κ2) is 8.93. The number of phenolic OH excluding ortho intramolecular Hbond substituents is 1. The van der Waals surface area contributed by atoms with E-state index in [1.807, 2.05) is 97.9 Å². The van der Waals surface area contributed by atoms with Crippen molar-refractivity contribution in [2.45, 2.75) is 6.92 Å². The molecular formula is C28H22N4O. The van der Waals surface area contributed by atoms with Gasteiger partial charge in [0.25, 0.3) is 0 Å². The Kier molecular flexibility index (Phi) is 5.52. The van der Waals surface area contributed by atoms with Gasteiger partial charge in [-0.2, -0.15) is 5.10 Å². The molecule has 2 N–H and O–H groups in total. The SMILES string of the molecule is Cc1ccc(N=C(NN=Cc2c(O)ccc3ccccc23)c2ccc3ccccc3n2)cc1. The number of aliphatic imine (C=N–C) groups is 1. The van der Waals surface area contributed by atoms with E-state index >= 15 is 0 Å². The van der Waals surface area contributed by atoms with Gasteiger partial charge in [-0.15, -0.1) is 0 Å². The molecule has 0 bridgehead atoms. The second-order valence-electron chi connectivity index (χ2n) is 7.77. The quantitative estimate of drug-likeness (QED) is 0.205. The Morgan fingerprint density at radius 1 is 0.818 bits per heavy atom. The first-order chi connectivity index (χ1) is 16.2. The molecule has 5 aromatic rings. The minimum Gasteiger partial charge on any atom is -0.507 e. The number of hydrogen-bond donors (Lipinski definition) is 2. The fourth-order valence-corrected chi connectivity index (χ4v) is 3.66. The van der Waals surface area contributed by atoms with Crippen molar-refractivity contribution < 1.29 is 5.11 Å². The monoisotopic (exact) mass is 430 g/mol. The van der Waals surface area contributed by atoms with Crippen LogP contribution < -0.4 is 5.43 Å². The third kappa shape index (κ3) is 4.43. The number of pyridine rings is 1. The summed E-state index contributed by atoms with van der Waals surface area (Å²) in [6, 6.07) is 31.3. The highest BCUT2D eigenvalue weighted by molar-refractivity contribution is 6.04. The number of hydrogen-bond acceptors (Lipinski definition) is 4. The van der Waals surface area contributed by atoms with E-state index in [1.54, 1.807) is 12.3 Å². The Morgan fingerprint density at radius 3 is 2.39 bits per heavy atom. The number of phenols is 1. The Hall–Kier alpha value is -4.51. The van der Waals surface area contributed by atoms with Gasteiger partial charge >= 0.3 is 0 Å². The molecule has 5 heteroatoms. The van der Waals surface area contributed by atoms with Crippen LogP contribution in [0.1, 0.15) is 16.8 Å². The first-order valence-electron chi connectivity index (χ1n) is 10.7. The van der Waals surface area contributed by atoms with E-state index in [0.717, 1.165) is 32.9 Å². The van der Waals surface area contributed by atoms with Crippen LogP contribution in [0.3, 0.4) is 0 Å². The maximum atomic E-state index is 10.4. The first kappa shape index (κ1) is 20.4. The average Bonchev–Trinajstić information content (AvgIpc) is 2.85. The van der Waals surface area contributed by atoms with E-state index in [9.17, 15) is 5.11 Å². The second-order valence-corrected chi connectivity index (χ2v) is 7.77. The molecule has 160 valence electrons. The summed E-state index contributed by atoms with van der Waals surface area (Å²) in [4.78, 5) is 9.53. The van der Waals surface area contributed by atoms with Crippen LogP contribution in [0.15, 0.2) is 107 Å². The molecule has 0 fully saturated rings. The highest BCUT2D eigenvalue weighted by Gasteiger charge is 2.08. The normalized spacial score (nSPS) is 12.0. The summed E-state index contributed by atoms with van der Waals surface area (Å²) in [5.74, 6) is 0.681. The van der Waals surface area contributed by atoms with Crippen LogP contribution in [0, 0.1) is 6.92 Å². The smallest absolute Gasteiger partial charge is 0.173 e. The predicted molar refractivity (Wildman–Crippen MR) is 135 cm³/mol. The molecule has 0 radical (unpaired) electrons. The van der Waals surface area contributed by atoms with Crippen LogP contribution in [-0.2, 0) is 0 Å². The van der Waals surface area contributed by atoms with E-state index in [-0.39, 0.29) is 5.75 Å². The van der Waals surface area contributed by atoms with Crippen molar-refractivity contribution in [3.63, 3.8) is 0 Å². The standard InChI is InChI=1S/C28H22N4O/c1-19-10-14-22(15-11-19)30-28(26-16-12-21-7-3-5-9-25(21)31-26)32-29-18-24-23-8-4-2-6-20(23)13-17-27(24)33/h2-18,33H,1H3,(H,30,32). The number of aromatic hydroxyl groups is 1.